The summed E-state index contributed by atoms with van der Waals surface area (Å²) >= 11 is 0. The van der Waals surface area contributed by atoms with Crippen LogP contribution in [0, 0.1) is 5.92 Å². The maximum absolute atomic E-state index is 2.43. The summed E-state index contributed by atoms with van der Waals surface area (Å²) in [5.41, 5.74) is 0. The van der Waals surface area contributed by atoms with Crippen LogP contribution in [0.5, 0.6) is 0 Å². The van der Waals surface area contributed by atoms with Crippen LogP contribution in [-0.2, 0) is 0 Å². The summed E-state index contributed by atoms with van der Waals surface area (Å²) in [5, 5.41) is 0. The second-order valence-corrected chi connectivity index (χ2v) is 6.41. The second kappa shape index (κ2) is 12.0. The highest BCUT2D eigenvalue weighted by Crippen LogP contribution is 2.16. The van der Waals surface area contributed by atoms with Crippen molar-refractivity contribution in [1.29, 1.82) is 0 Å². The van der Waals surface area contributed by atoms with Gasteiger partial charge in [0.05, 0.1) is 0 Å². The average molecular weight is 256 g/mol. The van der Waals surface area contributed by atoms with E-state index in [1.54, 1.807) is 0 Å². The SMILES string of the molecule is CC(CCCCCN(C)C)CCCCCN(C)C. The molecule has 0 saturated carbocycles. The molecule has 0 atom stereocenters. The van der Waals surface area contributed by atoms with E-state index in [-0.39, 0.29) is 0 Å². The first kappa shape index (κ1) is 17.9. The molecule has 0 rings (SSSR count). The zero-order valence-corrected chi connectivity index (χ0v) is 13.5. The van der Waals surface area contributed by atoms with E-state index in [1.807, 2.05) is 0 Å². The fourth-order valence-corrected chi connectivity index (χ4v) is 2.34. The minimum absolute atomic E-state index is 0.934. The van der Waals surface area contributed by atoms with Crippen molar-refractivity contribution in [3.63, 3.8) is 0 Å². The van der Waals surface area contributed by atoms with Crippen LogP contribution < -0.4 is 0 Å². The third kappa shape index (κ3) is 14.0. The normalized spacial score (nSPS) is 12.0. The topological polar surface area (TPSA) is 6.48 Å². The van der Waals surface area contributed by atoms with Gasteiger partial charge in [-0.05, 0) is 60.0 Å². The number of unbranched alkanes of at least 4 members (excludes halogenated alkanes) is 4. The molecule has 0 aliphatic rings. The maximum Gasteiger partial charge on any atom is -0.00248 e. The van der Waals surface area contributed by atoms with Crippen molar-refractivity contribution >= 4 is 0 Å². The molecule has 2 nitrogen and oxygen atoms in total. The molecule has 0 bridgehead atoms. The molecule has 0 N–H and O–H groups in total. The quantitative estimate of drug-likeness (QED) is 0.489. The van der Waals surface area contributed by atoms with Gasteiger partial charge in [-0.25, -0.2) is 0 Å². The third-order valence-corrected chi connectivity index (χ3v) is 3.60. The van der Waals surface area contributed by atoms with E-state index >= 15 is 0 Å². The van der Waals surface area contributed by atoms with Crippen LogP contribution in [-0.4, -0.2) is 51.1 Å². The molecule has 2 heteroatoms. The molecule has 0 aromatic carbocycles. The molecule has 0 unspecified atom stereocenters. The van der Waals surface area contributed by atoms with E-state index in [0.29, 0.717) is 0 Å². The van der Waals surface area contributed by atoms with Crippen molar-refractivity contribution in [3.8, 4) is 0 Å². The van der Waals surface area contributed by atoms with E-state index in [2.05, 4.69) is 44.9 Å². The van der Waals surface area contributed by atoms with Crippen molar-refractivity contribution < 1.29 is 0 Å². The summed E-state index contributed by atoms with van der Waals surface area (Å²) in [5.74, 6) is 0.934. The number of hydrogen-bond acceptors (Lipinski definition) is 2. The lowest BCUT2D eigenvalue weighted by Gasteiger charge is -2.13. The lowest BCUT2D eigenvalue weighted by atomic mass is 9.97. The number of hydrogen-bond donors (Lipinski definition) is 0. The van der Waals surface area contributed by atoms with Crippen LogP contribution in [0.25, 0.3) is 0 Å². The van der Waals surface area contributed by atoms with Crippen molar-refractivity contribution in [2.75, 3.05) is 41.3 Å². The van der Waals surface area contributed by atoms with E-state index < -0.39 is 0 Å². The fourth-order valence-electron chi connectivity index (χ4n) is 2.34. The number of rotatable bonds is 12. The van der Waals surface area contributed by atoms with Gasteiger partial charge in [0.25, 0.3) is 0 Å². The lowest BCUT2D eigenvalue weighted by Crippen LogP contribution is -2.12. The molecule has 18 heavy (non-hydrogen) atoms. The lowest BCUT2D eigenvalue weighted by molar-refractivity contribution is 0.370. The second-order valence-electron chi connectivity index (χ2n) is 6.41. The fraction of sp³-hybridized carbons (Fsp3) is 1.00. The molecule has 0 aliphatic carbocycles. The van der Waals surface area contributed by atoms with Gasteiger partial charge in [-0.3, -0.25) is 0 Å². The van der Waals surface area contributed by atoms with E-state index in [0.717, 1.165) is 5.92 Å². The molecule has 0 saturated heterocycles. The van der Waals surface area contributed by atoms with Crippen LogP contribution in [0.15, 0.2) is 0 Å². The molecule has 110 valence electrons. The summed E-state index contributed by atoms with van der Waals surface area (Å²) in [7, 11) is 8.65. The largest absolute Gasteiger partial charge is 0.309 e. The average Bonchev–Trinajstić information content (AvgIpc) is 2.27. The summed E-state index contributed by atoms with van der Waals surface area (Å²) in [6.45, 7) is 4.93. The Balaban J connectivity index is 3.19. The Hall–Kier alpha value is -0.0800. The Morgan fingerprint density at radius 1 is 0.611 bits per heavy atom. The Morgan fingerprint density at radius 2 is 1.00 bits per heavy atom. The predicted octanol–water partition coefficient (Wildman–Crippen LogP) is 3.87. The Morgan fingerprint density at radius 3 is 1.33 bits per heavy atom. The van der Waals surface area contributed by atoms with Gasteiger partial charge >= 0.3 is 0 Å². The minimum atomic E-state index is 0.934. The molecular weight excluding hydrogens is 220 g/mol. The molecule has 0 heterocycles. The van der Waals surface area contributed by atoms with Gasteiger partial charge < -0.3 is 9.80 Å². The first-order valence-corrected chi connectivity index (χ1v) is 7.82. The summed E-state index contributed by atoms with van der Waals surface area (Å²) in [4.78, 5) is 4.57. The summed E-state index contributed by atoms with van der Waals surface area (Å²) in [6.07, 6.45) is 11.2. The Bertz CT molecular complexity index is 148. The van der Waals surface area contributed by atoms with Crippen molar-refractivity contribution in [2.45, 2.75) is 58.3 Å². The van der Waals surface area contributed by atoms with E-state index in [9.17, 15) is 0 Å². The predicted molar refractivity (Wildman–Crippen MR) is 83.2 cm³/mol. The zero-order chi connectivity index (χ0) is 13.8. The smallest absolute Gasteiger partial charge is 0.00248 e. The van der Waals surface area contributed by atoms with Crippen LogP contribution in [0.1, 0.15) is 58.3 Å². The van der Waals surface area contributed by atoms with Crippen molar-refractivity contribution in [2.24, 2.45) is 5.92 Å². The van der Waals surface area contributed by atoms with Crippen LogP contribution >= 0.6 is 0 Å². The van der Waals surface area contributed by atoms with E-state index in [4.69, 9.17) is 0 Å². The molecule has 0 spiro atoms. The molecule has 0 fully saturated rings. The Labute approximate surface area is 116 Å². The summed E-state index contributed by atoms with van der Waals surface area (Å²) in [6, 6.07) is 0. The molecule has 0 aromatic heterocycles. The molecular formula is C16H36N2. The zero-order valence-electron chi connectivity index (χ0n) is 13.5. The molecule has 0 radical (unpaired) electrons. The van der Waals surface area contributed by atoms with Gasteiger partial charge in [-0.1, -0.05) is 45.4 Å². The highest BCUT2D eigenvalue weighted by Gasteiger charge is 2.02. The number of nitrogens with zero attached hydrogens (tertiary/aromatic N) is 2. The highest BCUT2D eigenvalue weighted by atomic mass is 15.0. The van der Waals surface area contributed by atoms with E-state index in [1.165, 1.54) is 64.5 Å². The van der Waals surface area contributed by atoms with Gasteiger partial charge in [-0.2, -0.15) is 0 Å². The standard InChI is InChI=1S/C16H36N2/c1-16(12-8-6-10-14-17(2)3)13-9-7-11-15-18(4)5/h16H,6-15H2,1-5H3. The molecule has 0 amide bonds. The van der Waals surface area contributed by atoms with Gasteiger partial charge in [0.2, 0.25) is 0 Å². The van der Waals surface area contributed by atoms with Crippen molar-refractivity contribution in [3.05, 3.63) is 0 Å². The van der Waals surface area contributed by atoms with Gasteiger partial charge in [0, 0.05) is 0 Å². The minimum Gasteiger partial charge on any atom is -0.309 e. The van der Waals surface area contributed by atoms with Gasteiger partial charge in [-0.15, -0.1) is 0 Å². The van der Waals surface area contributed by atoms with Crippen LogP contribution in [0.3, 0.4) is 0 Å². The third-order valence-electron chi connectivity index (χ3n) is 3.60. The maximum atomic E-state index is 2.43. The molecule has 0 aliphatic heterocycles. The van der Waals surface area contributed by atoms with Gasteiger partial charge in [0.1, 0.15) is 0 Å². The Kier molecular flexibility index (Phi) is 11.9. The summed E-state index contributed by atoms with van der Waals surface area (Å²) < 4.78 is 0. The monoisotopic (exact) mass is 256 g/mol. The van der Waals surface area contributed by atoms with Crippen molar-refractivity contribution in [1.82, 2.24) is 9.80 Å². The highest BCUT2D eigenvalue weighted by molar-refractivity contribution is 4.56. The first-order valence-electron chi connectivity index (χ1n) is 7.82. The van der Waals surface area contributed by atoms with Crippen LogP contribution in [0.2, 0.25) is 0 Å². The molecule has 0 aromatic rings. The van der Waals surface area contributed by atoms with Crippen LogP contribution in [0.4, 0.5) is 0 Å². The van der Waals surface area contributed by atoms with Gasteiger partial charge in [0.15, 0.2) is 0 Å². The first-order chi connectivity index (χ1) is 8.52.